The van der Waals surface area contributed by atoms with Gasteiger partial charge in [-0.3, -0.25) is 0 Å². The molecule has 1 heterocycles. The zero-order valence-electron chi connectivity index (χ0n) is 14.3. The second-order valence-electron chi connectivity index (χ2n) is 6.38. The lowest BCUT2D eigenvalue weighted by molar-refractivity contribution is 0.316. The molecular formula is C17H38N4. The molecule has 0 aliphatic carbocycles. The van der Waals surface area contributed by atoms with E-state index >= 15 is 0 Å². The minimum absolute atomic E-state index is 1.18. The zero-order valence-corrected chi connectivity index (χ0v) is 14.3. The van der Waals surface area contributed by atoms with Gasteiger partial charge in [-0.15, -0.1) is 0 Å². The molecule has 0 aromatic heterocycles. The predicted molar refractivity (Wildman–Crippen MR) is 93.0 cm³/mol. The van der Waals surface area contributed by atoms with Crippen LogP contribution in [0.5, 0.6) is 0 Å². The van der Waals surface area contributed by atoms with E-state index in [4.69, 9.17) is 0 Å². The highest BCUT2D eigenvalue weighted by Crippen LogP contribution is 1.97. The predicted octanol–water partition coefficient (Wildman–Crippen LogP) is 1.82. The first-order chi connectivity index (χ1) is 10.4. The molecule has 0 bridgehead atoms. The van der Waals surface area contributed by atoms with Crippen LogP contribution in [-0.4, -0.2) is 64.3 Å². The maximum Gasteiger partial charge on any atom is -0.00213 e. The van der Waals surface area contributed by atoms with Gasteiger partial charge in [0.05, 0.1) is 0 Å². The van der Waals surface area contributed by atoms with Gasteiger partial charge in [0.25, 0.3) is 0 Å². The van der Waals surface area contributed by atoms with E-state index in [2.05, 4.69) is 27.9 Å². The van der Waals surface area contributed by atoms with Crippen molar-refractivity contribution >= 4 is 0 Å². The zero-order chi connectivity index (χ0) is 15.0. The fraction of sp³-hybridized carbons (Fsp3) is 1.00. The van der Waals surface area contributed by atoms with Crippen LogP contribution in [0, 0.1) is 0 Å². The minimum Gasteiger partial charge on any atom is -0.317 e. The molecule has 0 unspecified atom stereocenters. The number of nitrogens with one attached hydrogen (secondary N) is 3. The molecule has 0 aromatic rings. The lowest BCUT2D eigenvalue weighted by Gasteiger charge is -2.16. The summed E-state index contributed by atoms with van der Waals surface area (Å²) in [5, 5.41) is 10.7. The molecule has 21 heavy (non-hydrogen) atoms. The number of hydrogen-bond donors (Lipinski definition) is 3. The third kappa shape index (κ3) is 13.2. The Kier molecular flexibility index (Phi) is 13.3. The van der Waals surface area contributed by atoms with Crippen LogP contribution in [-0.2, 0) is 0 Å². The summed E-state index contributed by atoms with van der Waals surface area (Å²) >= 11 is 0. The highest BCUT2D eigenvalue weighted by molar-refractivity contribution is 4.58. The van der Waals surface area contributed by atoms with Crippen LogP contribution in [0.25, 0.3) is 0 Å². The maximum atomic E-state index is 3.57. The van der Waals surface area contributed by atoms with E-state index in [1.54, 1.807) is 0 Å². The van der Waals surface area contributed by atoms with Crippen LogP contribution < -0.4 is 16.0 Å². The third-order valence-electron chi connectivity index (χ3n) is 4.20. The Balaban J connectivity index is 2.08. The van der Waals surface area contributed by atoms with Crippen LogP contribution >= 0.6 is 0 Å². The average molecular weight is 299 g/mol. The fourth-order valence-electron chi connectivity index (χ4n) is 2.75. The second-order valence-corrected chi connectivity index (χ2v) is 6.38. The summed E-state index contributed by atoms with van der Waals surface area (Å²) < 4.78 is 0. The summed E-state index contributed by atoms with van der Waals surface area (Å²) in [7, 11) is 2.26. The van der Waals surface area contributed by atoms with Gasteiger partial charge in [-0.25, -0.2) is 0 Å². The van der Waals surface area contributed by atoms with Gasteiger partial charge in [0.2, 0.25) is 0 Å². The van der Waals surface area contributed by atoms with E-state index in [0.29, 0.717) is 0 Å². The van der Waals surface area contributed by atoms with Crippen molar-refractivity contribution in [2.45, 2.75) is 51.4 Å². The van der Waals surface area contributed by atoms with Crippen LogP contribution in [0.1, 0.15) is 51.4 Å². The van der Waals surface area contributed by atoms with Crippen molar-refractivity contribution < 1.29 is 0 Å². The molecule has 1 aliphatic heterocycles. The monoisotopic (exact) mass is 298 g/mol. The molecule has 3 N–H and O–H groups in total. The van der Waals surface area contributed by atoms with Gasteiger partial charge in [-0.2, -0.15) is 0 Å². The molecule has 0 aromatic carbocycles. The largest absolute Gasteiger partial charge is 0.317 e. The van der Waals surface area contributed by atoms with Gasteiger partial charge in [0.15, 0.2) is 0 Å². The third-order valence-corrected chi connectivity index (χ3v) is 4.20. The van der Waals surface area contributed by atoms with Crippen LogP contribution in [0.15, 0.2) is 0 Å². The average Bonchev–Trinajstić information content (AvgIpc) is 2.48. The first kappa shape index (κ1) is 18.9. The molecule has 126 valence electrons. The Morgan fingerprint density at radius 2 is 0.762 bits per heavy atom. The van der Waals surface area contributed by atoms with E-state index in [-0.39, 0.29) is 0 Å². The van der Waals surface area contributed by atoms with Gasteiger partial charge >= 0.3 is 0 Å². The van der Waals surface area contributed by atoms with Crippen molar-refractivity contribution in [3.05, 3.63) is 0 Å². The summed E-state index contributed by atoms with van der Waals surface area (Å²) in [5.41, 5.74) is 0. The quantitative estimate of drug-likeness (QED) is 0.638. The SMILES string of the molecule is CN1CCCCNCCCCNCCCCNCCCC1. The van der Waals surface area contributed by atoms with Crippen molar-refractivity contribution in [1.82, 2.24) is 20.9 Å². The molecule has 1 fully saturated rings. The lowest BCUT2D eigenvalue weighted by atomic mass is 10.2. The minimum atomic E-state index is 1.18. The Morgan fingerprint density at radius 1 is 0.476 bits per heavy atom. The van der Waals surface area contributed by atoms with E-state index in [9.17, 15) is 0 Å². The van der Waals surface area contributed by atoms with E-state index in [1.807, 2.05) is 0 Å². The molecule has 4 heteroatoms. The molecule has 1 saturated heterocycles. The summed E-state index contributed by atoms with van der Waals surface area (Å²) in [6.07, 6.45) is 10.5. The molecule has 0 radical (unpaired) electrons. The molecule has 0 spiro atoms. The van der Waals surface area contributed by atoms with Crippen molar-refractivity contribution in [2.24, 2.45) is 0 Å². The van der Waals surface area contributed by atoms with Crippen LogP contribution in [0.2, 0.25) is 0 Å². The lowest BCUT2D eigenvalue weighted by Crippen LogP contribution is -2.25. The standard InChI is InChI=1S/C17H38N4/c1-21-16-8-6-14-19-12-4-2-10-18-11-3-5-13-20-15-7-9-17-21/h18-20H,2-17H2,1H3. The topological polar surface area (TPSA) is 39.3 Å². The van der Waals surface area contributed by atoms with Crippen molar-refractivity contribution in [3.8, 4) is 0 Å². The first-order valence-corrected chi connectivity index (χ1v) is 9.20. The van der Waals surface area contributed by atoms with Crippen LogP contribution in [0.4, 0.5) is 0 Å². The second kappa shape index (κ2) is 14.8. The molecule has 1 aliphatic rings. The number of hydrogen-bond acceptors (Lipinski definition) is 4. The van der Waals surface area contributed by atoms with E-state index in [1.165, 1.54) is 104 Å². The Labute approximate surface area is 132 Å². The Bertz CT molecular complexity index is 191. The fourth-order valence-corrected chi connectivity index (χ4v) is 2.75. The smallest absolute Gasteiger partial charge is 0.00213 e. The molecular weight excluding hydrogens is 260 g/mol. The normalized spacial score (nSPS) is 24.4. The van der Waals surface area contributed by atoms with Gasteiger partial charge < -0.3 is 20.9 Å². The summed E-state index contributed by atoms with van der Waals surface area (Å²) in [5.74, 6) is 0. The van der Waals surface area contributed by atoms with Gasteiger partial charge in [-0.1, -0.05) is 0 Å². The van der Waals surface area contributed by atoms with E-state index in [0.717, 1.165) is 0 Å². The molecule has 4 nitrogen and oxygen atoms in total. The molecule has 0 amide bonds. The molecule has 1 rings (SSSR count). The molecule has 0 atom stereocenters. The van der Waals surface area contributed by atoms with E-state index < -0.39 is 0 Å². The van der Waals surface area contributed by atoms with Crippen molar-refractivity contribution in [1.29, 1.82) is 0 Å². The van der Waals surface area contributed by atoms with Crippen molar-refractivity contribution in [3.63, 3.8) is 0 Å². The summed E-state index contributed by atoms with van der Waals surface area (Å²) in [4.78, 5) is 2.49. The molecule has 0 saturated carbocycles. The van der Waals surface area contributed by atoms with Crippen molar-refractivity contribution in [2.75, 3.05) is 59.4 Å². The number of nitrogens with zero attached hydrogens (tertiary/aromatic N) is 1. The summed E-state index contributed by atoms with van der Waals surface area (Å²) in [6, 6.07) is 0. The number of rotatable bonds is 0. The highest BCUT2D eigenvalue weighted by Gasteiger charge is 1.99. The Morgan fingerprint density at radius 3 is 1.10 bits per heavy atom. The first-order valence-electron chi connectivity index (χ1n) is 9.20. The Hall–Kier alpha value is -0.160. The van der Waals surface area contributed by atoms with Gasteiger partial charge in [0.1, 0.15) is 0 Å². The summed E-state index contributed by atoms with van der Waals surface area (Å²) in [6.45, 7) is 9.59. The van der Waals surface area contributed by atoms with Gasteiger partial charge in [0, 0.05) is 0 Å². The highest BCUT2D eigenvalue weighted by atomic mass is 15.1. The van der Waals surface area contributed by atoms with Gasteiger partial charge in [-0.05, 0) is 111 Å². The van der Waals surface area contributed by atoms with Crippen LogP contribution in [0.3, 0.4) is 0 Å². The maximum absolute atomic E-state index is 3.57.